The van der Waals surface area contributed by atoms with Crippen LogP contribution in [-0.4, -0.2) is 28.3 Å². The molecule has 0 amide bonds. The molecule has 0 rings (SSSR count). The number of nitrogens with zero attached hydrogens (tertiary/aromatic N) is 2. The van der Waals surface area contributed by atoms with Crippen molar-refractivity contribution in [3.8, 4) is 0 Å². The Labute approximate surface area is 73.8 Å². The number of hydrogen-bond donors (Lipinski definition) is 0. The van der Waals surface area contributed by atoms with Crippen LogP contribution in [0.4, 0.5) is 0 Å². The molecule has 0 N–H and O–H groups in total. The summed E-state index contributed by atoms with van der Waals surface area (Å²) in [6.07, 6.45) is 0.134. The van der Waals surface area contributed by atoms with E-state index in [-0.39, 0.29) is 25.3 Å². The van der Waals surface area contributed by atoms with E-state index in [1.807, 2.05) is 0 Å². The topological polar surface area (TPSA) is 86.3 Å². The molecule has 0 aliphatic carbocycles. The Bertz CT molecular complexity index is 175. The monoisotopic (exact) mass is 196 g/mol. The average Bonchev–Trinajstić information content (AvgIpc) is 1.96. The Balaban J connectivity index is 3.79. The minimum Gasteiger partial charge on any atom is -0.265 e. The molecule has 0 aliphatic rings. The van der Waals surface area contributed by atoms with Crippen LogP contribution < -0.4 is 0 Å². The fraction of sp³-hybridized carbons (Fsp3) is 1.00. The first-order chi connectivity index (χ1) is 5.57. The van der Waals surface area contributed by atoms with Gasteiger partial charge in [0.1, 0.15) is 0 Å². The molecule has 0 saturated heterocycles. The van der Waals surface area contributed by atoms with Gasteiger partial charge in [-0.15, -0.1) is 11.6 Å². The first-order valence-corrected chi connectivity index (χ1v) is 3.92. The zero-order valence-corrected chi connectivity index (χ0v) is 7.07. The van der Waals surface area contributed by atoms with Crippen LogP contribution in [0.5, 0.6) is 0 Å². The van der Waals surface area contributed by atoms with Crippen LogP contribution in [0.2, 0.25) is 0 Å². The number of hydrogen-bond acceptors (Lipinski definition) is 4. The van der Waals surface area contributed by atoms with Crippen molar-refractivity contribution in [3.05, 3.63) is 20.2 Å². The number of rotatable bonds is 6. The van der Waals surface area contributed by atoms with Gasteiger partial charge in [0, 0.05) is 22.1 Å². The summed E-state index contributed by atoms with van der Waals surface area (Å²) in [5, 5.41) is 20.1. The summed E-state index contributed by atoms with van der Waals surface area (Å²) in [6, 6.07) is -0.882. The Morgan fingerprint density at radius 1 is 1.25 bits per heavy atom. The van der Waals surface area contributed by atoms with E-state index in [9.17, 15) is 20.2 Å². The third kappa shape index (κ3) is 4.84. The molecular weight excluding hydrogens is 188 g/mol. The quantitative estimate of drug-likeness (QED) is 0.359. The summed E-state index contributed by atoms with van der Waals surface area (Å²) in [5.74, 6) is 0.156. The highest BCUT2D eigenvalue weighted by molar-refractivity contribution is 6.17. The van der Waals surface area contributed by atoms with Crippen LogP contribution in [0, 0.1) is 20.2 Å². The SMILES string of the molecule is O=[N+]([O-])CCC(CCCl)[N+](=O)[O-]. The molecule has 0 spiro atoms. The average molecular weight is 197 g/mol. The molecule has 0 fully saturated rings. The first-order valence-electron chi connectivity index (χ1n) is 3.39. The molecule has 1 unspecified atom stereocenters. The number of nitro groups is 2. The van der Waals surface area contributed by atoms with Gasteiger partial charge in [0.05, 0.1) is 6.42 Å². The molecule has 1 atom stereocenters. The van der Waals surface area contributed by atoms with Gasteiger partial charge >= 0.3 is 0 Å². The van der Waals surface area contributed by atoms with Gasteiger partial charge < -0.3 is 0 Å². The van der Waals surface area contributed by atoms with Crippen molar-refractivity contribution in [3.63, 3.8) is 0 Å². The van der Waals surface area contributed by atoms with Crippen molar-refractivity contribution in [1.29, 1.82) is 0 Å². The Morgan fingerprint density at radius 3 is 2.17 bits per heavy atom. The maximum absolute atomic E-state index is 10.2. The highest BCUT2D eigenvalue weighted by atomic mass is 35.5. The predicted molar refractivity (Wildman–Crippen MR) is 42.6 cm³/mol. The van der Waals surface area contributed by atoms with Gasteiger partial charge in [-0.05, 0) is 0 Å². The second kappa shape index (κ2) is 5.70. The van der Waals surface area contributed by atoms with Crippen LogP contribution in [0.1, 0.15) is 12.8 Å². The minimum atomic E-state index is -0.882. The largest absolute Gasteiger partial charge is 0.265 e. The van der Waals surface area contributed by atoms with Crippen molar-refractivity contribution in [2.45, 2.75) is 18.9 Å². The van der Waals surface area contributed by atoms with E-state index in [1.165, 1.54) is 0 Å². The van der Waals surface area contributed by atoms with Gasteiger partial charge in [-0.1, -0.05) is 0 Å². The molecule has 0 heterocycles. The molecule has 0 bridgehead atoms. The van der Waals surface area contributed by atoms with Crippen LogP contribution in [0.15, 0.2) is 0 Å². The van der Waals surface area contributed by atoms with E-state index in [2.05, 4.69) is 0 Å². The normalized spacial score (nSPS) is 12.4. The minimum absolute atomic E-state index is 0.0489. The van der Waals surface area contributed by atoms with E-state index >= 15 is 0 Å². The van der Waals surface area contributed by atoms with Gasteiger partial charge in [-0.2, -0.15) is 0 Å². The molecule has 0 saturated carbocycles. The molecule has 0 radical (unpaired) electrons. The lowest BCUT2D eigenvalue weighted by Crippen LogP contribution is -2.23. The second-order valence-corrected chi connectivity index (χ2v) is 2.64. The third-order valence-electron chi connectivity index (χ3n) is 1.39. The highest BCUT2D eigenvalue weighted by Gasteiger charge is 2.21. The van der Waals surface area contributed by atoms with E-state index in [1.54, 1.807) is 0 Å². The molecular formula is C5H9ClN2O4. The van der Waals surface area contributed by atoms with Crippen LogP contribution in [0.3, 0.4) is 0 Å². The van der Waals surface area contributed by atoms with Gasteiger partial charge in [-0.25, -0.2) is 0 Å². The first kappa shape index (κ1) is 11.1. The lowest BCUT2D eigenvalue weighted by molar-refractivity contribution is -0.541. The van der Waals surface area contributed by atoms with Gasteiger partial charge in [0.15, 0.2) is 0 Å². The van der Waals surface area contributed by atoms with Gasteiger partial charge in [0.2, 0.25) is 12.6 Å². The Hall–Kier alpha value is -0.910. The summed E-state index contributed by atoms with van der Waals surface area (Å²) < 4.78 is 0. The fourth-order valence-corrected chi connectivity index (χ4v) is 0.987. The zero-order chi connectivity index (χ0) is 9.56. The zero-order valence-electron chi connectivity index (χ0n) is 6.31. The molecule has 0 aromatic carbocycles. The number of alkyl halides is 1. The summed E-state index contributed by atoms with van der Waals surface area (Å²) in [5.41, 5.74) is 0. The predicted octanol–water partition coefficient (Wildman–Crippen LogP) is 0.927. The van der Waals surface area contributed by atoms with Crippen molar-refractivity contribution in [2.75, 3.05) is 12.4 Å². The molecule has 6 nitrogen and oxygen atoms in total. The Morgan fingerprint density at radius 2 is 1.83 bits per heavy atom. The molecule has 0 aliphatic heterocycles. The smallest absolute Gasteiger partial charge is 0.220 e. The number of halogens is 1. The lowest BCUT2D eigenvalue weighted by Gasteiger charge is -2.03. The van der Waals surface area contributed by atoms with Crippen LogP contribution in [0.25, 0.3) is 0 Å². The maximum Gasteiger partial charge on any atom is 0.220 e. The van der Waals surface area contributed by atoms with Crippen molar-refractivity contribution in [1.82, 2.24) is 0 Å². The molecule has 70 valence electrons. The standard InChI is InChI=1S/C5H9ClN2O4/c6-3-1-5(8(11)12)2-4-7(9)10/h5H,1-4H2. The van der Waals surface area contributed by atoms with Crippen LogP contribution in [-0.2, 0) is 0 Å². The van der Waals surface area contributed by atoms with E-state index in [0.29, 0.717) is 0 Å². The molecule has 0 aromatic heterocycles. The van der Waals surface area contributed by atoms with Crippen molar-refractivity contribution < 1.29 is 9.85 Å². The van der Waals surface area contributed by atoms with E-state index in [4.69, 9.17) is 11.6 Å². The summed E-state index contributed by atoms with van der Waals surface area (Å²) in [7, 11) is 0. The lowest BCUT2D eigenvalue weighted by atomic mass is 10.2. The fourth-order valence-electron chi connectivity index (χ4n) is 0.736. The highest BCUT2D eigenvalue weighted by Crippen LogP contribution is 2.03. The van der Waals surface area contributed by atoms with Crippen molar-refractivity contribution in [2.24, 2.45) is 0 Å². The van der Waals surface area contributed by atoms with E-state index < -0.39 is 15.9 Å². The molecule has 7 heteroatoms. The molecule has 0 aromatic rings. The van der Waals surface area contributed by atoms with Crippen molar-refractivity contribution >= 4 is 11.6 Å². The maximum atomic E-state index is 10.2. The van der Waals surface area contributed by atoms with Crippen LogP contribution >= 0.6 is 11.6 Å². The van der Waals surface area contributed by atoms with Gasteiger partial charge in [-0.3, -0.25) is 20.2 Å². The second-order valence-electron chi connectivity index (χ2n) is 2.26. The third-order valence-corrected chi connectivity index (χ3v) is 1.60. The molecule has 12 heavy (non-hydrogen) atoms. The Kier molecular flexibility index (Phi) is 5.27. The summed E-state index contributed by atoms with van der Waals surface area (Å²) in [4.78, 5) is 19.0. The summed E-state index contributed by atoms with van der Waals surface area (Å²) in [6.45, 7) is -0.372. The summed E-state index contributed by atoms with van der Waals surface area (Å²) >= 11 is 5.28. The van der Waals surface area contributed by atoms with E-state index in [0.717, 1.165) is 0 Å². The van der Waals surface area contributed by atoms with Gasteiger partial charge in [0.25, 0.3) is 0 Å².